The minimum absolute atomic E-state index is 0.239. The number of carbonyl (C=O) groups is 1. The maximum absolute atomic E-state index is 11.8. The van der Waals surface area contributed by atoms with Crippen molar-refractivity contribution in [3.8, 4) is 5.75 Å². The van der Waals surface area contributed by atoms with E-state index in [1.165, 1.54) is 7.11 Å². The van der Waals surface area contributed by atoms with Crippen molar-refractivity contribution >= 4 is 23.3 Å². The molecule has 5 heteroatoms. The number of anilines is 1. The molecule has 1 aromatic rings. The summed E-state index contributed by atoms with van der Waals surface area (Å²) in [5.41, 5.74) is 1.70. The highest BCUT2D eigenvalue weighted by atomic mass is 35.5. The first-order valence-corrected chi connectivity index (χ1v) is 6.63. The SMILES string of the molecule is COC(=O)C(Nc1cc(C)c(Cl)cc1OC)C1CC1. The van der Waals surface area contributed by atoms with Crippen LogP contribution < -0.4 is 10.1 Å². The van der Waals surface area contributed by atoms with Crippen LogP contribution in [0.15, 0.2) is 12.1 Å². The van der Waals surface area contributed by atoms with Crippen LogP contribution in [0, 0.1) is 12.8 Å². The second-order valence-corrected chi connectivity index (χ2v) is 5.19. The molecule has 1 aromatic carbocycles. The Morgan fingerprint density at radius 1 is 1.42 bits per heavy atom. The van der Waals surface area contributed by atoms with Crippen molar-refractivity contribution in [2.45, 2.75) is 25.8 Å². The van der Waals surface area contributed by atoms with E-state index in [0.29, 0.717) is 16.7 Å². The predicted octanol–water partition coefficient (Wildman–Crippen LogP) is 3.02. The fourth-order valence-electron chi connectivity index (χ4n) is 2.04. The molecule has 1 N–H and O–H groups in total. The summed E-state index contributed by atoms with van der Waals surface area (Å²) in [4.78, 5) is 11.8. The van der Waals surface area contributed by atoms with Gasteiger partial charge in [-0.15, -0.1) is 0 Å². The highest BCUT2D eigenvalue weighted by Crippen LogP contribution is 2.37. The number of esters is 1. The van der Waals surface area contributed by atoms with Crippen molar-refractivity contribution in [1.82, 2.24) is 0 Å². The summed E-state index contributed by atoms with van der Waals surface area (Å²) in [6.07, 6.45) is 2.09. The first-order chi connectivity index (χ1) is 9.06. The van der Waals surface area contributed by atoms with Crippen LogP contribution in [0.5, 0.6) is 5.75 Å². The zero-order valence-electron chi connectivity index (χ0n) is 11.3. The van der Waals surface area contributed by atoms with E-state index in [9.17, 15) is 4.79 Å². The fraction of sp³-hybridized carbons (Fsp3) is 0.500. The van der Waals surface area contributed by atoms with E-state index in [4.69, 9.17) is 21.1 Å². The van der Waals surface area contributed by atoms with E-state index in [2.05, 4.69) is 5.32 Å². The molecule has 1 atom stereocenters. The van der Waals surface area contributed by atoms with Crippen LogP contribution in [-0.2, 0) is 9.53 Å². The Hall–Kier alpha value is -1.42. The summed E-state index contributed by atoms with van der Waals surface area (Å²) in [7, 11) is 2.99. The first-order valence-electron chi connectivity index (χ1n) is 6.25. The molecule has 1 saturated carbocycles. The molecular weight excluding hydrogens is 266 g/mol. The van der Waals surface area contributed by atoms with Gasteiger partial charge in [0.15, 0.2) is 0 Å². The van der Waals surface area contributed by atoms with Gasteiger partial charge in [-0.25, -0.2) is 4.79 Å². The van der Waals surface area contributed by atoms with Crippen LogP contribution >= 0.6 is 11.6 Å². The van der Waals surface area contributed by atoms with Gasteiger partial charge in [0.2, 0.25) is 0 Å². The topological polar surface area (TPSA) is 47.6 Å². The van der Waals surface area contributed by atoms with Gasteiger partial charge in [-0.2, -0.15) is 0 Å². The lowest BCUT2D eigenvalue weighted by molar-refractivity contribution is -0.142. The lowest BCUT2D eigenvalue weighted by Gasteiger charge is -2.19. The molecule has 0 aromatic heterocycles. The van der Waals surface area contributed by atoms with Crippen molar-refractivity contribution in [2.75, 3.05) is 19.5 Å². The Kier molecular flexibility index (Phi) is 4.20. The van der Waals surface area contributed by atoms with Crippen LogP contribution in [0.2, 0.25) is 5.02 Å². The maximum Gasteiger partial charge on any atom is 0.328 e. The van der Waals surface area contributed by atoms with Crippen LogP contribution in [0.3, 0.4) is 0 Å². The molecule has 0 spiro atoms. The minimum atomic E-state index is -0.320. The van der Waals surface area contributed by atoms with Crippen molar-refractivity contribution < 1.29 is 14.3 Å². The van der Waals surface area contributed by atoms with Gasteiger partial charge in [-0.05, 0) is 37.3 Å². The molecule has 0 radical (unpaired) electrons. The molecule has 104 valence electrons. The molecule has 1 fully saturated rings. The summed E-state index contributed by atoms with van der Waals surface area (Å²) in [5.74, 6) is 0.732. The summed E-state index contributed by atoms with van der Waals surface area (Å²) >= 11 is 6.07. The standard InChI is InChI=1S/C14H18ClNO3/c1-8-6-11(12(18-2)7-10(8)15)16-13(9-4-5-9)14(17)19-3/h6-7,9,13,16H,4-5H2,1-3H3. The lowest BCUT2D eigenvalue weighted by Crippen LogP contribution is -2.32. The van der Waals surface area contributed by atoms with Crippen molar-refractivity contribution in [3.63, 3.8) is 0 Å². The van der Waals surface area contributed by atoms with E-state index in [1.54, 1.807) is 13.2 Å². The van der Waals surface area contributed by atoms with Crippen molar-refractivity contribution in [2.24, 2.45) is 5.92 Å². The molecule has 1 aliphatic rings. The molecular formula is C14H18ClNO3. The normalized spacial score (nSPS) is 15.8. The van der Waals surface area contributed by atoms with Crippen LogP contribution in [-0.4, -0.2) is 26.2 Å². The Morgan fingerprint density at radius 2 is 2.11 bits per heavy atom. The van der Waals surface area contributed by atoms with Crippen LogP contribution in [0.1, 0.15) is 18.4 Å². The third-order valence-corrected chi connectivity index (χ3v) is 3.75. The predicted molar refractivity (Wildman–Crippen MR) is 74.9 cm³/mol. The van der Waals surface area contributed by atoms with Gasteiger partial charge < -0.3 is 14.8 Å². The molecule has 0 amide bonds. The van der Waals surface area contributed by atoms with Crippen LogP contribution in [0.4, 0.5) is 5.69 Å². The van der Waals surface area contributed by atoms with Gasteiger partial charge >= 0.3 is 5.97 Å². The zero-order chi connectivity index (χ0) is 14.0. The average molecular weight is 284 g/mol. The lowest BCUT2D eigenvalue weighted by atomic mass is 10.1. The minimum Gasteiger partial charge on any atom is -0.495 e. The van der Waals surface area contributed by atoms with E-state index in [-0.39, 0.29) is 12.0 Å². The Balaban J connectivity index is 2.25. The average Bonchev–Trinajstić information content (AvgIpc) is 3.23. The number of ether oxygens (including phenoxy) is 2. The smallest absolute Gasteiger partial charge is 0.328 e. The van der Waals surface area contributed by atoms with E-state index < -0.39 is 0 Å². The van der Waals surface area contributed by atoms with Gasteiger partial charge in [0.25, 0.3) is 0 Å². The molecule has 19 heavy (non-hydrogen) atoms. The number of hydrogen-bond donors (Lipinski definition) is 1. The number of aryl methyl sites for hydroxylation is 1. The molecule has 1 unspecified atom stereocenters. The largest absolute Gasteiger partial charge is 0.495 e. The fourth-order valence-corrected chi connectivity index (χ4v) is 2.19. The first kappa shape index (κ1) is 14.0. The van der Waals surface area contributed by atoms with Gasteiger partial charge in [0, 0.05) is 11.1 Å². The van der Waals surface area contributed by atoms with E-state index in [1.807, 2.05) is 13.0 Å². The number of carbonyl (C=O) groups excluding carboxylic acids is 1. The van der Waals surface area contributed by atoms with E-state index >= 15 is 0 Å². The number of hydrogen-bond acceptors (Lipinski definition) is 4. The molecule has 0 saturated heterocycles. The van der Waals surface area contributed by atoms with Gasteiger partial charge in [-0.3, -0.25) is 0 Å². The highest BCUT2D eigenvalue weighted by molar-refractivity contribution is 6.31. The molecule has 0 heterocycles. The number of methoxy groups -OCH3 is 2. The summed E-state index contributed by atoms with van der Waals surface area (Å²) < 4.78 is 10.1. The Bertz CT molecular complexity index is 486. The third-order valence-electron chi connectivity index (χ3n) is 3.34. The van der Waals surface area contributed by atoms with Crippen molar-refractivity contribution in [3.05, 3.63) is 22.7 Å². The second kappa shape index (κ2) is 5.70. The third kappa shape index (κ3) is 3.13. The number of benzene rings is 1. The Morgan fingerprint density at radius 3 is 2.63 bits per heavy atom. The molecule has 0 aliphatic heterocycles. The summed E-state index contributed by atoms with van der Waals surface area (Å²) in [5, 5.41) is 3.86. The van der Waals surface area contributed by atoms with Gasteiger partial charge in [-0.1, -0.05) is 11.6 Å². The quantitative estimate of drug-likeness (QED) is 0.844. The molecule has 0 bridgehead atoms. The summed E-state index contributed by atoms with van der Waals surface area (Å²) in [6, 6.07) is 3.32. The van der Waals surface area contributed by atoms with Crippen molar-refractivity contribution in [1.29, 1.82) is 0 Å². The number of nitrogens with one attached hydrogen (secondary N) is 1. The maximum atomic E-state index is 11.8. The molecule has 2 rings (SSSR count). The zero-order valence-corrected chi connectivity index (χ0v) is 12.1. The number of rotatable bonds is 5. The summed E-state index contributed by atoms with van der Waals surface area (Å²) in [6.45, 7) is 1.91. The van der Waals surface area contributed by atoms with Gasteiger partial charge in [0.05, 0.1) is 19.9 Å². The monoisotopic (exact) mass is 283 g/mol. The second-order valence-electron chi connectivity index (χ2n) is 4.78. The Labute approximate surface area is 118 Å². The number of halogens is 1. The van der Waals surface area contributed by atoms with E-state index in [0.717, 1.165) is 24.1 Å². The van der Waals surface area contributed by atoms with Crippen LogP contribution in [0.25, 0.3) is 0 Å². The molecule has 4 nitrogen and oxygen atoms in total. The molecule has 1 aliphatic carbocycles. The van der Waals surface area contributed by atoms with Gasteiger partial charge in [0.1, 0.15) is 11.8 Å². The highest BCUT2D eigenvalue weighted by Gasteiger charge is 2.37.